The predicted octanol–water partition coefficient (Wildman–Crippen LogP) is 6.38. The Hall–Kier alpha value is -4.64. The minimum atomic E-state index is -0.314. The molecular weight excluding hydrogens is 476 g/mol. The summed E-state index contributed by atoms with van der Waals surface area (Å²) in [7, 11) is 1.39. The number of benzene rings is 4. The number of methoxy groups -OCH3 is 1. The van der Waals surface area contributed by atoms with E-state index in [1.54, 1.807) is 6.08 Å². The number of hydrogen-bond donors (Lipinski definition) is 0. The van der Waals surface area contributed by atoms with Crippen LogP contribution in [0.4, 0.5) is 0 Å². The molecule has 0 fully saturated rings. The summed E-state index contributed by atoms with van der Waals surface area (Å²) < 4.78 is 16.1. The minimum absolute atomic E-state index is 0.213. The highest BCUT2D eigenvalue weighted by Crippen LogP contribution is 2.36. The Bertz CT molecular complexity index is 1470. The van der Waals surface area contributed by atoms with Gasteiger partial charge in [0.05, 0.1) is 7.11 Å². The van der Waals surface area contributed by atoms with Gasteiger partial charge in [-0.25, -0.2) is 4.79 Å². The quantitative estimate of drug-likeness (QED) is 0.216. The molecule has 0 spiro atoms. The maximum Gasteiger partial charge on any atom is 0.330 e. The van der Waals surface area contributed by atoms with E-state index in [9.17, 15) is 9.59 Å². The van der Waals surface area contributed by atoms with Gasteiger partial charge in [-0.2, -0.15) is 0 Å². The number of allylic oxidation sites excluding steroid dienone is 1. The first-order chi connectivity index (χ1) is 18.6. The van der Waals surface area contributed by atoms with Crippen LogP contribution in [-0.4, -0.2) is 18.9 Å². The second-order valence-corrected chi connectivity index (χ2v) is 9.16. The smallest absolute Gasteiger partial charge is 0.330 e. The first kappa shape index (κ1) is 25.0. The molecule has 0 unspecified atom stereocenters. The van der Waals surface area contributed by atoms with Crippen LogP contribution in [0.25, 0.3) is 5.57 Å². The highest BCUT2D eigenvalue weighted by atomic mass is 16.5. The number of ether oxygens (including phenoxy) is 3. The summed E-state index contributed by atoms with van der Waals surface area (Å²) in [4.78, 5) is 22.6. The van der Waals surface area contributed by atoms with Crippen LogP contribution in [0.15, 0.2) is 103 Å². The topological polar surface area (TPSA) is 61.8 Å². The third-order valence-corrected chi connectivity index (χ3v) is 6.53. The molecule has 0 aliphatic heterocycles. The van der Waals surface area contributed by atoms with E-state index in [1.807, 2.05) is 97.1 Å². The summed E-state index contributed by atoms with van der Waals surface area (Å²) in [6, 6.07) is 31.8. The van der Waals surface area contributed by atoms with Crippen molar-refractivity contribution in [2.45, 2.75) is 26.1 Å². The zero-order chi connectivity index (χ0) is 26.3. The maximum atomic E-state index is 11.3. The molecule has 38 heavy (non-hydrogen) atoms. The standard InChI is InChI=1S/C18H16O3.C15H12O2/c1-20-18(19)10-15-9-14-7-8-16(11-17(14)15)21-12-13-5-3-2-4-6-13;16-15-8-12-6-7-13(9-14(12)15)17-10-11-4-2-1-3-5-11/h2-8,10-11H,9,12H2,1H3;1-7,9H,8,10H2/b15-10+;. The summed E-state index contributed by atoms with van der Waals surface area (Å²) in [5, 5.41) is 0. The average Bonchev–Trinajstić information content (AvgIpc) is 2.95. The second kappa shape index (κ2) is 11.6. The molecule has 190 valence electrons. The van der Waals surface area contributed by atoms with Crippen molar-refractivity contribution in [3.8, 4) is 11.5 Å². The Labute approximate surface area is 222 Å². The van der Waals surface area contributed by atoms with Crippen LogP contribution in [0.1, 0.15) is 38.2 Å². The lowest BCUT2D eigenvalue weighted by Crippen LogP contribution is -2.18. The van der Waals surface area contributed by atoms with E-state index >= 15 is 0 Å². The van der Waals surface area contributed by atoms with Gasteiger partial charge in [0.25, 0.3) is 0 Å². The molecule has 0 saturated heterocycles. The molecule has 2 aliphatic carbocycles. The lowest BCUT2D eigenvalue weighted by Gasteiger charge is -2.23. The fourth-order valence-corrected chi connectivity index (χ4v) is 4.32. The van der Waals surface area contributed by atoms with Crippen molar-refractivity contribution in [3.63, 3.8) is 0 Å². The van der Waals surface area contributed by atoms with Gasteiger partial charge in [-0.3, -0.25) is 4.79 Å². The summed E-state index contributed by atoms with van der Waals surface area (Å²) in [5.41, 5.74) is 7.51. The molecule has 0 radical (unpaired) electrons. The van der Waals surface area contributed by atoms with E-state index in [0.717, 1.165) is 51.3 Å². The molecule has 4 aromatic carbocycles. The van der Waals surface area contributed by atoms with Crippen LogP contribution in [0.2, 0.25) is 0 Å². The van der Waals surface area contributed by atoms with Gasteiger partial charge in [-0.15, -0.1) is 0 Å². The number of esters is 1. The Morgan fingerprint density at radius 2 is 1.24 bits per heavy atom. The Kier molecular flexibility index (Phi) is 7.65. The van der Waals surface area contributed by atoms with E-state index in [2.05, 4.69) is 4.74 Å². The van der Waals surface area contributed by atoms with Crippen LogP contribution >= 0.6 is 0 Å². The van der Waals surface area contributed by atoms with Gasteiger partial charge in [0.15, 0.2) is 5.78 Å². The van der Waals surface area contributed by atoms with Crippen LogP contribution < -0.4 is 9.47 Å². The molecule has 0 aromatic heterocycles. The monoisotopic (exact) mass is 504 g/mol. The lowest BCUT2D eigenvalue weighted by atomic mass is 9.82. The lowest BCUT2D eigenvalue weighted by molar-refractivity contribution is -0.134. The van der Waals surface area contributed by atoms with Crippen LogP contribution in [-0.2, 0) is 35.6 Å². The zero-order valence-corrected chi connectivity index (χ0v) is 21.2. The van der Waals surface area contributed by atoms with Gasteiger partial charge >= 0.3 is 5.97 Å². The largest absolute Gasteiger partial charge is 0.489 e. The summed E-state index contributed by atoms with van der Waals surface area (Å²) in [6.45, 7) is 1.07. The van der Waals surface area contributed by atoms with Crippen molar-refractivity contribution < 1.29 is 23.8 Å². The molecule has 0 N–H and O–H groups in total. The molecule has 0 saturated carbocycles. The Morgan fingerprint density at radius 3 is 1.76 bits per heavy atom. The van der Waals surface area contributed by atoms with E-state index < -0.39 is 0 Å². The van der Waals surface area contributed by atoms with Gasteiger partial charge in [0, 0.05) is 18.1 Å². The molecule has 5 heteroatoms. The number of carbonyl (C=O) groups is 2. The molecule has 6 rings (SSSR count). The number of rotatable bonds is 7. The van der Waals surface area contributed by atoms with E-state index in [0.29, 0.717) is 19.6 Å². The van der Waals surface area contributed by atoms with E-state index in [1.165, 1.54) is 12.7 Å². The van der Waals surface area contributed by atoms with E-state index in [-0.39, 0.29) is 11.8 Å². The first-order valence-electron chi connectivity index (χ1n) is 12.5. The third kappa shape index (κ3) is 6.01. The van der Waals surface area contributed by atoms with Gasteiger partial charge in [-0.1, -0.05) is 72.8 Å². The van der Waals surface area contributed by atoms with Gasteiger partial charge in [0.2, 0.25) is 0 Å². The van der Waals surface area contributed by atoms with Crippen molar-refractivity contribution in [1.29, 1.82) is 0 Å². The van der Waals surface area contributed by atoms with Crippen molar-refractivity contribution in [2.75, 3.05) is 7.11 Å². The fourth-order valence-electron chi connectivity index (χ4n) is 4.32. The highest BCUT2D eigenvalue weighted by molar-refractivity contribution is 6.06. The number of hydrogen-bond acceptors (Lipinski definition) is 5. The number of fused-ring (bicyclic) bond motifs is 2. The molecule has 0 atom stereocenters. The zero-order valence-electron chi connectivity index (χ0n) is 21.2. The van der Waals surface area contributed by atoms with Crippen LogP contribution in [0, 0.1) is 0 Å². The molecule has 0 amide bonds. The normalized spacial score (nSPS) is 13.6. The molecular formula is C33H28O5. The summed E-state index contributed by atoms with van der Waals surface area (Å²) >= 11 is 0. The van der Waals surface area contributed by atoms with E-state index in [4.69, 9.17) is 9.47 Å². The summed E-state index contributed by atoms with van der Waals surface area (Å²) in [6.07, 6.45) is 2.93. The van der Waals surface area contributed by atoms with Crippen molar-refractivity contribution in [1.82, 2.24) is 0 Å². The fraction of sp³-hybridized carbons (Fsp3) is 0.152. The second-order valence-electron chi connectivity index (χ2n) is 9.16. The number of ketones is 1. The first-order valence-corrected chi connectivity index (χ1v) is 12.5. The SMILES string of the molecule is COC(=O)/C=C1\Cc2ccc(OCc3ccccc3)cc21.O=C1Cc2ccc(OCc3ccccc3)cc21. The number of Topliss-reactive ketones (excluding diaryl/α,β-unsaturated/α-hetero) is 1. The third-order valence-electron chi connectivity index (χ3n) is 6.53. The maximum absolute atomic E-state index is 11.3. The van der Waals surface area contributed by atoms with Gasteiger partial charge in [-0.05, 0) is 64.1 Å². The van der Waals surface area contributed by atoms with Crippen LogP contribution in [0.5, 0.6) is 11.5 Å². The number of carbonyl (C=O) groups excluding carboxylic acids is 2. The van der Waals surface area contributed by atoms with Crippen molar-refractivity contribution in [2.24, 2.45) is 0 Å². The van der Waals surface area contributed by atoms with Crippen molar-refractivity contribution in [3.05, 3.63) is 137 Å². The highest BCUT2D eigenvalue weighted by Gasteiger charge is 2.23. The summed E-state index contributed by atoms with van der Waals surface area (Å²) in [5.74, 6) is 1.48. The average molecular weight is 505 g/mol. The minimum Gasteiger partial charge on any atom is -0.489 e. The molecule has 0 heterocycles. The van der Waals surface area contributed by atoms with Gasteiger partial charge in [0.1, 0.15) is 24.7 Å². The Balaban J connectivity index is 0.000000158. The Morgan fingerprint density at radius 1 is 0.711 bits per heavy atom. The van der Waals surface area contributed by atoms with Crippen LogP contribution in [0.3, 0.4) is 0 Å². The molecule has 5 nitrogen and oxygen atoms in total. The van der Waals surface area contributed by atoms with Gasteiger partial charge < -0.3 is 14.2 Å². The molecule has 2 aliphatic rings. The molecule has 4 aromatic rings. The molecule has 0 bridgehead atoms. The predicted molar refractivity (Wildman–Crippen MR) is 146 cm³/mol. The van der Waals surface area contributed by atoms with Crippen molar-refractivity contribution >= 4 is 17.3 Å².